The van der Waals surface area contributed by atoms with Crippen molar-refractivity contribution in [1.29, 1.82) is 0 Å². The molecule has 2 nitrogen and oxygen atoms in total. The molecule has 98 valence electrons. The first-order valence-corrected chi connectivity index (χ1v) is 7.30. The first-order chi connectivity index (χ1) is 8.15. The first kappa shape index (κ1) is 13.1. The number of likely N-dealkylation sites (tertiary alicyclic amines) is 1. The van der Waals surface area contributed by atoms with Crippen molar-refractivity contribution in [2.75, 3.05) is 13.1 Å². The van der Waals surface area contributed by atoms with Crippen LogP contribution in [0.5, 0.6) is 0 Å². The number of piperidine rings is 1. The van der Waals surface area contributed by atoms with Gasteiger partial charge in [0.25, 0.3) is 0 Å². The number of nitrogens with two attached hydrogens (primary N) is 1. The number of hydrogen-bond donors (Lipinski definition) is 1. The average molecular weight is 236 g/mol. The molecule has 2 fully saturated rings. The molecule has 0 radical (unpaired) electrons. The summed E-state index contributed by atoms with van der Waals surface area (Å²) in [5, 5.41) is 0. The van der Waals surface area contributed by atoms with Crippen LogP contribution in [0, 0.1) is 0 Å². The molecule has 1 saturated carbocycles. The molecule has 0 bridgehead atoms. The Hall–Kier alpha value is -0.340. The van der Waals surface area contributed by atoms with Gasteiger partial charge in [-0.25, -0.2) is 0 Å². The second-order valence-electron chi connectivity index (χ2n) is 6.13. The van der Waals surface area contributed by atoms with Crippen LogP contribution in [-0.4, -0.2) is 29.6 Å². The standard InChI is InChI=1S/C15H28N2/c1-13(2)12-14(16)15(8-4-5-9-15)17-10-6-3-7-11-17/h14H,1,3-12,16H2,2H3. The van der Waals surface area contributed by atoms with Crippen molar-refractivity contribution >= 4 is 0 Å². The molecule has 1 aliphatic heterocycles. The third-order valence-corrected chi connectivity index (χ3v) is 4.71. The van der Waals surface area contributed by atoms with E-state index in [9.17, 15) is 0 Å². The normalized spacial score (nSPS) is 26.9. The van der Waals surface area contributed by atoms with Crippen LogP contribution in [0.2, 0.25) is 0 Å². The highest BCUT2D eigenvalue weighted by atomic mass is 15.2. The Labute approximate surface area is 106 Å². The van der Waals surface area contributed by atoms with Crippen LogP contribution in [0.15, 0.2) is 12.2 Å². The fourth-order valence-electron chi connectivity index (χ4n) is 3.81. The van der Waals surface area contributed by atoms with E-state index in [0.29, 0.717) is 11.6 Å². The van der Waals surface area contributed by atoms with E-state index in [2.05, 4.69) is 18.4 Å². The molecule has 0 aromatic heterocycles. The van der Waals surface area contributed by atoms with E-state index in [1.165, 1.54) is 63.6 Å². The zero-order valence-electron chi connectivity index (χ0n) is 11.4. The smallest absolute Gasteiger partial charge is 0.0363 e. The van der Waals surface area contributed by atoms with E-state index >= 15 is 0 Å². The molecule has 0 aromatic rings. The van der Waals surface area contributed by atoms with E-state index in [4.69, 9.17) is 5.73 Å². The van der Waals surface area contributed by atoms with Gasteiger partial charge in [-0.2, -0.15) is 0 Å². The lowest BCUT2D eigenvalue weighted by molar-refractivity contribution is 0.0482. The molecular weight excluding hydrogens is 208 g/mol. The van der Waals surface area contributed by atoms with Crippen molar-refractivity contribution in [2.24, 2.45) is 5.73 Å². The highest BCUT2D eigenvalue weighted by Gasteiger charge is 2.44. The topological polar surface area (TPSA) is 29.3 Å². The Morgan fingerprint density at radius 3 is 2.29 bits per heavy atom. The minimum Gasteiger partial charge on any atom is -0.326 e. The SMILES string of the molecule is C=C(C)CC(N)C1(N2CCCCC2)CCCC1. The fraction of sp³-hybridized carbons (Fsp3) is 0.867. The lowest BCUT2D eigenvalue weighted by Gasteiger charge is -2.47. The molecule has 17 heavy (non-hydrogen) atoms. The third-order valence-electron chi connectivity index (χ3n) is 4.71. The van der Waals surface area contributed by atoms with Crippen LogP contribution >= 0.6 is 0 Å². The second kappa shape index (κ2) is 5.53. The molecule has 1 aliphatic carbocycles. The Morgan fingerprint density at radius 1 is 1.18 bits per heavy atom. The van der Waals surface area contributed by atoms with Crippen molar-refractivity contribution in [3.8, 4) is 0 Å². The maximum Gasteiger partial charge on any atom is 0.0363 e. The molecule has 2 N–H and O–H groups in total. The lowest BCUT2D eigenvalue weighted by atomic mass is 9.82. The number of nitrogens with zero attached hydrogens (tertiary/aromatic N) is 1. The molecule has 1 atom stereocenters. The van der Waals surface area contributed by atoms with Crippen LogP contribution in [0.3, 0.4) is 0 Å². The molecule has 2 rings (SSSR count). The van der Waals surface area contributed by atoms with Crippen LogP contribution in [-0.2, 0) is 0 Å². The number of rotatable bonds is 4. The van der Waals surface area contributed by atoms with Gasteiger partial charge in [-0.15, -0.1) is 6.58 Å². The Bertz CT molecular complexity index is 260. The van der Waals surface area contributed by atoms with Gasteiger partial charge in [0.05, 0.1) is 0 Å². The molecular formula is C15H28N2. The van der Waals surface area contributed by atoms with Gasteiger partial charge in [-0.05, 0) is 52.1 Å². The summed E-state index contributed by atoms with van der Waals surface area (Å²) in [6, 6.07) is 0.292. The van der Waals surface area contributed by atoms with Gasteiger partial charge in [0, 0.05) is 11.6 Å². The van der Waals surface area contributed by atoms with Gasteiger partial charge >= 0.3 is 0 Å². The average Bonchev–Trinajstić information content (AvgIpc) is 2.79. The molecule has 0 spiro atoms. The van der Waals surface area contributed by atoms with Crippen LogP contribution < -0.4 is 5.73 Å². The van der Waals surface area contributed by atoms with Crippen LogP contribution in [0.25, 0.3) is 0 Å². The first-order valence-electron chi connectivity index (χ1n) is 7.30. The largest absolute Gasteiger partial charge is 0.326 e. The minimum atomic E-state index is 0.292. The Kier molecular flexibility index (Phi) is 4.26. The highest BCUT2D eigenvalue weighted by Crippen LogP contribution is 2.40. The summed E-state index contributed by atoms with van der Waals surface area (Å²) in [5.74, 6) is 0. The Balaban J connectivity index is 2.10. The van der Waals surface area contributed by atoms with E-state index in [1.807, 2.05) is 0 Å². The molecule has 1 saturated heterocycles. The van der Waals surface area contributed by atoms with Gasteiger partial charge in [-0.3, -0.25) is 4.90 Å². The maximum absolute atomic E-state index is 6.54. The van der Waals surface area contributed by atoms with Crippen LogP contribution in [0.4, 0.5) is 0 Å². The van der Waals surface area contributed by atoms with E-state index in [-0.39, 0.29) is 0 Å². The van der Waals surface area contributed by atoms with Crippen LogP contribution in [0.1, 0.15) is 58.3 Å². The predicted molar refractivity (Wildman–Crippen MR) is 74.0 cm³/mol. The molecule has 1 heterocycles. The Morgan fingerprint density at radius 2 is 1.76 bits per heavy atom. The monoisotopic (exact) mass is 236 g/mol. The highest BCUT2D eigenvalue weighted by molar-refractivity contribution is 5.07. The van der Waals surface area contributed by atoms with Gasteiger partial charge in [0.2, 0.25) is 0 Å². The van der Waals surface area contributed by atoms with Gasteiger partial charge < -0.3 is 5.73 Å². The van der Waals surface area contributed by atoms with Gasteiger partial charge in [0.1, 0.15) is 0 Å². The summed E-state index contributed by atoms with van der Waals surface area (Å²) in [6.07, 6.45) is 10.5. The van der Waals surface area contributed by atoms with Crippen molar-refractivity contribution in [2.45, 2.75) is 69.9 Å². The van der Waals surface area contributed by atoms with Crippen molar-refractivity contribution in [3.63, 3.8) is 0 Å². The zero-order valence-corrected chi connectivity index (χ0v) is 11.4. The summed E-state index contributed by atoms with van der Waals surface area (Å²) in [5.41, 5.74) is 8.09. The summed E-state index contributed by atoms with van der Waals surface area (Å²) in [6.45, 7) is 8.69. The molecule has 0 amide bonds. The number of hydrogen-bond acceptors (Lipinski definition) is 2. The quantitative estimate of drug-likeness (QED) is 0.760. The molecule has 0 aromatic carbocycles. The summed E-state index contributed by atoms with van der Waals surface area (Å²) in [4.78, 5) is 2.72. The summed E-state index contributed by atoms with van der Waals surface area (Å²) in [7, 11) is 0. The second-order valence-corrected chi connectivity index (χ2v) is 6.13. The van der Waals surface area contributed by atoms with E-state index < -0.39 is 0 Å². The summed E-state index contributed by atoms with van der Waals surface area (Å²) >= 11 is 0. The van der Waals surface area contributed by atoms with E-state index in [1.54, 1.807) is 0 Å². The zero-order chi connectivity index (χ0) is 12.3. The van der Waals surface area contributed by atoms with E-state index in [0.717, 1.165) is 6.42 Å². The molecule has 2 heteroatoms. The molecule has 1 unspecified atom stereocenters. The van der Waals surface area contributed by atoms with Gasteiger partial charge in [-0.1, -0.05) is 24.8 Å². The minimum absolute atomic E-state index is 0.292. The van der Waals surface area contributed by atoms with Crippen molar-refractivity contribution in [1.82, 2.24) is 4.90 Å². The summed E-state index contributed by atoms with van der Waals surface area (Å²) < 4.78 is 0. The van der Waals surface area contributed by atoms with Gasteiger partial charge in [0.15, 0.2) is 0 Å². The third kappa shape index (κ3) is 2.74. The lowest BCUT2D eigenvalue weighted by Crippen LogP contribution is -2.59. The maximum atomic E-state index is 6.54. The molecule has 2 aliphatic rings. The fourth-order valence-corrected chi connectivity index (χ4v) is 3.81. The van der Waals surface area contributed by atoms with Crippen molar-refractivity contribution < 1.29 is 0 Å². The predicted octanol–water partition coefficient (Wildman–Crippen LogP) is 3.08. The van der Waals surface area contributed by atoms with Crippen molar-refractivity contribution in [3.05, 3.63) is 12.2 Å².